The third-order valence-electron chi connectivity index (χ3n) is 2.77. The number of anilines is 1. The van der Waals surface area contributed by atoms with Gasteiger partial charge in [0.25, 0.3) is 5.91 Å². The number of benzene rings is 1. The molecule has 1 aromatic heterocycles. The smallest absolute Gasteiger partial charge is 0.267 e. The lowest BCUT2D eigenvalue weighted by Crippen LogP contribution is -2.12. The van der Waals surface area contributed by atoms with E-state index >= 15 is 0 Å². The maximum atomic E-state index is 12.2. The molecule has 1 heterocycles. The van der Waals surface area contributed by atoms with Gasteiger partial charge in [-0.2, -0.15) is 0 Å². The number of aromatic nitrogens is 1. The summed E-state index contributed by atoms with van der Waals surface area (Å²) < 4.78 is 10.4. The average Bonchev–Trinajstić information content (AvgIpc) is 2.78. The van der Waals surface area contributed by atoms with Crippen molar-refractivity contribution >= 4 is 22.9 Å². The number of carbonyl (C=O) groups excluding carboxylic acids is 1. The van der Waals surface area contributed by atoms with Gasteiger partial charge in [-0.05, 0) is 26.0 Å². The summed E-state index contributed by atoms with van der Waals surface area (Å²) in [5, 5.41) is 3.70. The van der Waals surface area contributed by atoms with Crippen LogP contribution in [0.3, 0.4) is 0 Å². The Hall–Kier alpha value is -2.08. The number of carbonyl (C=O) groups is 1. The molecule has 5 nitrogen and oxygen atoms in total. The van der Waals surface area contributed by atoms with Gasteiger partial charge in [0.05, 0.1) is 30.6 Å². The topological polar surface area (TPSA) is 60.5 Å². The Kier molecular flexibility index (Phi) is 4.24. The molecule has 0 radical (unpaired) electrons. The van der Waals surface area contributed by atoms with Gasteiger partial charge in [0.2, 0.25) is 0 Å². The Balaban J connectivity index is 2.25. The summed E-state index contributed by atoms with van der Waals surface area (Å²) >= 11 is 1.37. The first-order chi connectivity index (χ1) is 9.55. The van der Waals surface area contributed by atoms with E-state index < -0.39 is 0 Å². The van der Waals surface area contributed by atoms with Crippen molar-refractivity contribution in [2.24, 2.45) is 0 Å². The highest BCUT2D eigenvalue weighted by Gasteiger charge is 2.16. The van der Waals surface area contributed by atoms with E-state index in [4.69, 9.17) is 9.47 Å². The van der Waals surface area contributed by atoms with E-state index in [1.165, 1.54) is 11.3 Å². The number of nitrogens with zero attached hydrogens (tertiary/aromatic N) is 1. The fourth-order valence-corrected chi connectivity index (χ4v) is 2.64. The Morgan fingerprint density at radius 2 is 2.00 bits per heavy atom. The maximum Gasteiger partial charge on any atom is 0.267 e. The van der Waals surface area contributed by atoms with Crippen LogP contribution < -0.4 is 14.8 Å². The van der Waals surface area contributed by atoms with Crippen LogP contribution in [0.15, 0.2) is 18.2 Å². The van der Waals surface area contributed by atoms with Crippen molar-refractivity contribution in [1.29, 1.82) is 0 Å². The Morgan fingerprint density at radius 1 is 1.25 bits per heavy atom. The minimum atomic E-state index is -0.184. The predicted octanol–water partition coefficient (Wildman–Crippen LogP) is 3.03. The number of hydrogen-bond acceptors (Lipinski definition) is 5. The van der Waals surface area contributed by atoms with Gasteiger partial charge >= 0.3 is 0 Å². The zero-order chi connectivity index (χ0) is 14.7. The quantitative estimate of drug-likeness (QED) is 0.941. The van der Waals surface area contributed by atoms with Crippen LogP contribution >= 0.6 is 11.3 Å². The zero-order valence-electron chi connectivity index (χ0n) is 11.8. The van der Waals surface area contributed by atoms with Crippen molar-refractivity contribution in [3.8, 4) is 11.5 Å². The van der Waals surface area contributed by atoms with Gasteiger partial charge in [-0.1, -0.05) is 0 Å². The van der Waals surface area contributed by atoms with E-state index in [1.807, 2.05) is 13.8 Å². The summed E-state index contributed by atoms with van der Waals surface area (Å²) in [5.41, 5.74) is 1.33. The van der Waals surface area contributed by atoms with Crippen molar-refractivity contribution in [2.75, 3.05) is 19.5 Å². The van der Waals surface area contributed by atoms with E-state index in [9.17, 15) is 4.79 Å². The molecule has 6 heteroatoms. The first-order valence-corrected chi connectivity index (χ1v) is 6.84. The number of amides is 1. The molecule has 1 amide bonds. The zero-order valence-corrected chi connectivity index (χ0v) is 12.6. The number of rotatable bonds is 4. The number of methoxy groups -OCH3 is 2. The average molecular weight is 292 g/mol. The summed E-state index contributed by atoms with van der Waals surface area (Å²) in [6.07, 6.45) is 0. The molecular formula is C14H16N2O3S. The Bertz CT molecular complexity index is 637. The van der Waals surface area contributed by atoms with Crippen LogP contribution in [-0.4, -0.2) is 25.1 Å². The minimum Gasteiger partial charge on any atom is -0.497 e. The van der Waals surface area contributed by atoms with E-state index in [0.717, 1.165) is 10.7 Å². The van der Waals surface area contributed by atoms with Gasteiger partial charge in [0.1, 0.15) is 16.4 Å². The van der Waals surface area contributed by atoms with Crippen molar-refractivity contribution in [3.63, 3.8) is 0 Å². The second-order valence-corrected chi connectivity index (χ2v) is 5.37. The maximum absolute atomic E-state index is 12.2. The van der Waals surface area contributed by atoms with E-state index in [0.29, 0.717) is 22.1 Å². The van der Waals surface area contributed by atoms with Crippen molar-refractivity contribution in [3.05, 3.63) is 33.8 Å². The Labute approximate surface area is 121 Å². The molecule has 0 unspecified atom stereocenters. The second-order valence-electron chi connectivity index (χ2n) is 4.17. The van der Waals surface area contributed by atoms with Gasteiger partial charge in [0, 0.05) is 6.07 Å². The van der Waals surface area contributed by atoms with Crippen LogP contribution in [0.4, 0.5) is 5.69 Å². The van der Waals surface area contributed by atoms with Crippen molar-refractivity contribution in [2.45, 2.75) is 13.8 Å². The molecule has 0 aliphatic heterocycles. The molecule has 0 spiro atoms. The molecule has 20 heavy (non-hydrogen) atoms. The standard InChI is InChI=1S/C14H16N2O3S/c1-8-13(20-9(2)15-8)14(17)16-11-6-5-10(18-3)7-12(11)19-4/h5-7H,1-4H3,(H,16,17). The summed E-state index contributed by atoms with van der Waals surface area (Å²) in [4.78, 5) is 17.1. The summed E-state index contributed by atoms with van der Waals surface area (Å²) in [5.74, 6) is 1.04. The third-order valence-corrected chi connectivity index (χ3v) is 3.84. The van der Waals surface area contributed by atoms with Crippen LogP contribution in [0.1, 0.15) is 20.4 Å². The number of nitrogens with one attached hydrogen (secondary N) is 1. The van der Waals surface area contributed by atoms with Crippen LogP contribution in [0, 0.1) is 13.8 Å². The normalized spacial score (nSPS) is 10.2. The molecule has 2 aromatic rings. The fourth-order valence-electron chi connectivity index (χ4n) is 1.82. The lowest BCUT2D eigenvalue weighted by Gasteiger charge is -2.11. The predicted molar refractivity (Wildman–Crippen MR) is 79.1 cm³/mol. The molecule has 0 fully saturated rings. The number of ether oxygens (including phenoxy) is 2. The minimum absolute atomic E-state index is 0.184. The largest absolute Gasteiger partial charge is 0.497 e. The van der Waals surface area contributed by atoms with Gasteiger partial charge < -0.3 is 14.8 Å². The highest BCUT2D eigenvalue weighted by molar-refractivity contribution is 7.13. The fraction of sp³-hybridized carbons (Fsp3) is 0.286. The second kappa shape index (κ2) is 5.92. The molecule has 0 bridgehead atoms. The van der Waals surface area contributed by atoms with E-state index in [-0.39, 0.29) is 5.91 Å². The van der Waals surface area contributed by atoms with Crippen LogP contribution in [0.25, 0.3) is 0 Å². The van der Waals surface area contributed by atoms with E-state index in [2.05, 4.69) is 10.3 Å². The molecule has 0 saturated heterocycles. The summed E-state index contributed by atoms with van der Waals surface area (Å²) in [7, 11) is 3.13. The lowest BCUT2D eigenvalue weighted by molar-refractivity contribution is 0.102. The van der Waals surface area contributed by atoms with E-state index in [1.54, 1.807) is 32.4 Å². The lowest BCUT2D eigenvalue weighted by atomic mass is 10.2. The van der Waals surface area contributed by atoms with Gasteiger partial charge in [-0.3, -0.25) is 4.79 Å². The number of thiazole rings is 1. The first kappa shape index (κ1) is 14.3. The molecule has 1 aromatic carbocycles. The van der Waals surface area contributed by atoms with Crippen molar-refractivity contribution < 1.29 is 14.3 Å². The molecular weight excluding hydrogens is 276 g/mol. The van der Waals surface area contributed by atoms with Gasteiger partial charge in [-0.25, -0.2) is 4.98 Å². The molecule has 2 rings (SSSR count). The number of hydrogen-bond donors (Lipinski definition) is 1. The molecule has 0 atom stereocenters. The van der Waals surface area contributed by atoms with Gasteiger partial charge in [0.15, 0.2) is 0 Å². The van der Waals surface area contributed by atoms with Gasteiger partial charge in [-0.15, -0.1) is 11.3 Å². The molecule has 0 aliphatic rings. The SMILES string of the molecule is COc1ccc(NC(=O)c2sc(C)nc2C)c(OC)c1. The number of aryl methyl sites for hydroxylation is 2. The monoisotopic (exact) mass is 292 g/mol. The third kappa shape index (κ3) is 2.91. The summed E-state index contributed by atoms with van der Waals surface area (Å²) in [6.45, 7) is 3.70. The first-order valence-electron chi connectivity index (χ1n) is 6.02. The highest BCUT2D eigenvalue weighted by Crippen LogP contribution is 2.30. The Morgan fingerprint density at radius 3 is 2.55 bits per heavy atom. The molecule has 1 N–H and O–H groups in total. The molecule has 106 valence electrons. The van der Waals surface area contributed by atoms with Crippen LogP contribution in [-0.2, 0) is 0 Å². The molecule has 0 aliphatic carbocycles. The highest BCUT2D eigenvalue weighted by atomic mass is 32.1. The van der Waals surface area contributed by atoms with Crippen molar-refractivity contribution in [1.82, 2.24) is 4.98 Å². The molecule has 0 saturated carbocycles. The van der Waals surface area contributed by atoms with Crippen LogP contribution in [0.2, 0.25) is 0 Å². The van der Waals surface area contributed by atoms with Crippen LogP contribution in [0.5, 0.6) is 11.5 Å². The summed E-state index contributed by atoms with van der Waals surface area (Å²) in [6, 6.07) is 5.24.